The van der Waals surface area contributed by atoms with E-state index in [4.69, 9.17) is 5.26 Å². The van der Waals surface area contributed by atoms with Crippen LogP contribution in [0.15, 0.2) is 18.2 Å². The zero-order chi connectivity index (χ0) is 12.3. The molecule has 3 nitrogen and oxygen atoms in total. The topological polar surface area (TPSA) is 56.0 Å². The third-order valence-electron chi connectivity index (χ3n) is 3.39. The van der Waals surface area contributed by atoms with Gasteiger partial charge < -0.3 is 10.4 Å². The molecule has 1 saturated carbocycles. The molecule has 2 atom stereocenters. The number of aliphatic hydroxyl groups is 1. The second kappa shape index (κ2) is 5.20. The molecule has 2 N–H and O–H groups in total. The van der Waals surface area contributed by atoms with E-state index in [1.807, 2.05) is 25.1 Å². The Kier molecular flexibility index (Phi) is 3.65. The van der Waals surface area contributed by atoms with Crippen molar-refractivity contribution in [1.29, 1.82) is 5.26 Å². The molecule has 90 valence electrons. The SMILES string of the molecule is Cc1ccc(C#N)c(NCC2CCC(O)C2)c1. The van der Waals surface area contributed by atoms with Crippen LogP contribution in [0.3, 0.4) is 0 Å². The molecule has 1 aliphatic rings. The Balaban J connectivity index is 1.99. The molecule has 0 spiro atoms. The summed E-state index contributed by atoms with van der Waals surface area (Å²) in [6, 6.07) is 7.99. The van der Waals surface area contributed by atoms with Crippen LogP contribution in [0.1, 0.15) is 30.4 Å². The van der Waals surface area contributed by atoms with E-state index in [9.17, 15) is 5.11 Å². The van der Waals surface area contributed by atoms with Gasteiger partial charge in [0.05, 0.1) is 17.4 Å². The monoisotopic (exact) mass is 230 g/mol. The predicted molar refractivity (Wildman–Crippen MR) is 67.7 cm³/mol. The molecule has 0 saturated heterocycles. The Hall–Kier alpha value is -1.53. The van der Waals surface area contributed by atoms with E-state index >= 15 is 0 Å². The molecule has 17 heavy (non-hydrogen) atoms. The van der Waals surface area contributed by atoms with Crippen molar-refractivity contribution in [1.82, 2.24) is 0 Å². The van der Waals surface area contributed by atoms with E-state index in [0.29, 0.717) is 11.5 Å². The van der Waals surface area contributed by atoms with Gasteiger partial charge in [-0.25, -0.2) is 0 Å². The van der Waals surface area contributed by atoms with Crippen LogP contribution in [-0.2, 0) is 0 Å². The van der Waals surface area contributed by atoms with Crippen molar-refractivity contribution in [2.45, 2.75) is 32.3 Å². The molecule has 1 aromatic carbocycles. The van der Waals surface area contributed by atoms with Crippen LogP contribution in [0.5, 0.6) is 0 Å². The number of nitrogens with zero attached hydrogens (tertiary/aromatic N) is 1. The Labute approximate surface area is 102 Å². The molecule has 3 heteroatoms. The molecule has 0 amide bonds. The van der Waals surface area contributed by atoms with Crippen LogP contribution >= 0.6 is 0 Å². The lowest BCUT2D eigenvalue weighted by molar-refractivity contribution is 0.178. The highest BCUT2D eigenvalue weighted by Gasteiger charge is 2.22. The zero-order valence-corrected chi connectivity index (χ0v) is 10.1. The lowest BCUT2D eigenvalue weighted by Gasteiger charge is -2.13. The minimum Gasteiger partial charge on any atom is -0.393 e. The van der Waals surface area contributed by atoms with Gasteiger partial charge in [0.2, 0.25) is 0 Å². The average Bonchev–Trinajstić information content (AvgIpc) is 2.73. The Morgan fingerprint density at radius 1 is 1.47 bits per heavy atom. The zero-order valence-electron chi connectivity index (χ0n) is 10.1. The number of nitriles is 1. The first-order valence-electron chi connectivity index (χ1n) is 6.11. The minimum absolute atomic E-state index is 0.130. The minimum atomic E-state index is -0.130. The van der Waals surface area contributed by atoms with Crippen LogP contribution in [0, 0.1) is 24.2 Å². The summed E-state index contributed by atoms with van der Waals surface area (Å²) in [5.41, 5.74) is 2.75. The van der Waals surface area contributed by atoms with Crippen molar-refractivity contribution in [2.75, 3.05) is 11.9 Å². The van der Waals surface area contributed by atoms with Crippen LogP contribution < -0.4 is 5.32 Å². The van der Waals surface area contributed by atoms with Crippen molar-refractivity contribution in [3.63, 3.8) is 0 Å². The summed E-state index contributed by atoms with van der Waals surface area (Å²) in [6.07, 6.45) is 2.73. The van der Waals surface area contributed by atoms with E-state index in [1.54, 1.807) is 0 Å². The van der Waals surface area contributed by atoms with Gasteiger partial charge in [0.25, 0.3) is 0 Å². The summed E-state index contributed by atoms with van der Waals surface area (Å²) >= 11 is 0. The van der Waals surface area contributed by atoms with Crippen LogP contribution in [0.25, 0.3) is 0 Å². The molecule has 2 unspecified atom stereocenters. The fraction of sp³-hybridized carbons (Fsp3) is 0.500. The summed E-state index contributed by atoms with van der Waals surface area (Å²) in [7, 11) is 0. The number of hydrogen-bond donors (Lipinski definition) is 2. The molecular weight excluding hydrogens is 212 g/mol. The van der Waals surface area contributed by atoms with E-state index in [0.717, 1.165) is 37.1 Å². The Bertz CT molecular complexity index is 436. The lowest BCUT2D eigenvalue weighted by atomic mass is 10.1. The highest BCUT2D eigenvalue weighted by Crippen LogP contribution is 2.26. The summed E-state index contributed by atoms with van der Waals surface area (Å²) in [6.45, 7) is 2.86. The number of nitrogens with one attached hydrogen (secondary N) is 1. The molecule has 0 heterocycles. The molecule has 0 aliphatic heterocycles. The maximum atomic E-state index is 9.46. The van der Waals surface area contributed by atoms with Gasteiger partial charge in [-0.15, -0.1) is 0 Å². The molecule has 0 bridgehead atoms. The quantitative estimate of drug-likeness (QED) is 0.838. The molecule has 0 aromatic heterocycles. The van der Waals surface area contributed by atoms with Crippen molar-refractivity contribution in [2.24, 2.45) is 5.92 Å². The number of benzene rings is 1. The molecule has 2 rings (SSSR count). The first kappa shape index (κ1) is 11.9. The van der Waals surface area contributed by atoms with Crippen molar-refractivity contribution in [3.8, 4) is 6.07 Å². The molecule has 1 aliphatic carbocycles. The number of hydrogen-bond acceptors (Lipinski definition) is 3. The summed E-state index contributed by atoms with van der Waals surface area (Å²) < 4.78 is 0. The van der Waals surface area contributed by atoms with E-state index in [-0.39, 0.29) is 6.10 Å². The van der Waals surface area contributed by atoms with Gasteiger partial charge in [0.1, 0.15) is 6.07 Å². The van der Waals surface area contributed by atoms with E-state index in [2.05, 4.69) is 11.4 Å². The maximum absolute atomic E-state index is 9.46. The van der Waals surface area contributed by atoms with Gasteiger partial charge in [-0.2, -0.15) is 5.26 Å². The fourth-order valence-electron chi connectivity index (χ4n) is 2.39. The van der Waals surface area contributed by atoms with E-state index < -0.39 is 0 Å². The second-order valence-electron chi connectivity index (χ2n) is 4.87. The van der Waals surface area contributed by atoms with Gasteiger partial charge in [0, 0.05) is 6.54 Å². The van der Waals surface area contributed by atoms with Gasteiger partial charge in [-0.3, -0.25) is 0 Å². The van der Waals surface area contributed by atoms with Crippen LogP contribution in [-0.4, -0.2) is 17.8 Å². The van der Waals surface area contributed by atoms with Crippen LogP contribution in [0.2, 0.25) is 0 Å². The standard InChI is InChI=1S/C14H18N2O/c1-10-2-4-12(8-15)14(6-10)16-9-11-3-5-13(17)7-11/h2,4,6,11,13,16-17H,3,5,7,9H2,1H3. The van der Waals surface area contributed by atoms with Crippen molar-refractivity contribution < 1.29 is 5.11 Å². The third kappa shape index (κ3) is 2.98. The van der Waals surface area contributed by atoms with Crippen LogP contribution in [0.4, 0.5) is 5.69 Å². The van der Waals surface area contributed by atoms with Crippen molar-refractivity contribution in [3.05, 3.63) is 29.3 Å². The highest BCUT2D eigenvalue weighted by molar-refractivity contribution is 5.58. The molecular formula is C14H18N2O. The van der Waals surface area contributed by atoms with E-state index in [1.165, 1.54) is 0 Å². The number of anilines is 1. The largest absolute Gasteiger partial charge is 0.393 e. The number of aryl methyl sites for hydroxylation is 1. The van der Waals surface area contributed by atoms with Crippen molar-refractivity contribution >= 4 is 5.69 Å². The molecule has 1 fully saturated rings. The fourth-order valence-corrected chi connectivity index (χ4v) is 2.39. The summed E-state index contributed by atoms with van der Waals surface area (Å²) in [5.74, 6) is 0.525. The first-order valence-corrected chi connectivity index (χ1v) is 6.11. The summed E-state index contributed by atoms with van der Waals surface area (Å²) in [5, 5.41) is 21.8. The molecule has 0 radical (unpaired) electrons. The lowest BCUT2D eigenvalue weighted by Crippen LogP contribution is -2.13. The Morgan fingerprint density at radius 3 is 2.94 bits per heavy atom. The average molecular weight is 230 g/mol. The predicted octanol–water partition coefficient (Wildman–Crippen LogP) is 2.44. The number of aliphatic hydroxyl groups excluding tert-OH is 1. The van der Waals surface area contributed by atoms with Gasteiger partial charge >= 0.3 is 0 Å². The van der Waals surface area contributed by atoms with Gasteiger partial charge in [0.15, 0.2) is 0 Å². The summed E-state index contributed by atoms with van der Waals surface area (Å²) in [4.78, 5) is 0. The number of rotatable bonds is 3. The molecule has 1 aromatic rings. The first-order chi connectivity index (χ1) is 8.19. The highest BCUT2D eigenvalue weighted by atomic mass is 16.3. The smallest absolute Gasteiger partial charge is 0.101 e. The maximum Gasteiger partial charge on any atom is 0.101 e. The van der Waals surface area contributed by atoms with Gasteiger partial charge in [-0.1, -0.05) is 6.07 Å². The Morgan fingerprint density at radius 2 is 2.29 bits per heavy atom. The second-order valence-corrected chi connectivity index (χ2v) is 4.87. The normalized spacial score (nSPS) is 23.4. The van der Waals surface area contributed by atoms with Gasteiger partial charge in [-0.05, 0) is 49.8 Å². The third-order valence-corrected chi connectivity index (χ3v) is 3.39.